The minimum Gasteiger partial charge on any atom is -0.493 e. The second-order valence-corrected chi connectivity index (χ2v) is 8.15. The van der Waals surface area contributed by atoms with Gasteiger partial charge >= 0.3 is 0 Å². The van der Waals surface area contributed by atoms with Crippen molar-refractivity contribution >= 4 is 22.7 Å². The molecule has 0 radical (unpaired) electrons. The molecule has 1 heterocycles. The van der Waals surface area contributed by atoms with E-state index in [1.165, 1.54) is 22.9 Å². The molecule has 0 saturated heterocycles. The molecule has 152 valence electrons. The lowest BCUT2D eigenvalue weighted by atomic mass is 10.1. The Balaban J connectivity index is 1.62. The van der Waals surface area contributed by atoms with Crippen LogP contribution in [0.3, 0.4) is 0 Å². The number of benzene rings is 3. The SMILES string of the molecule is CCc1ccc(-n2c(SCCOc3cccc(C)c3)nc3ccccc3c2=O)cc1. The van der Waals surface area contributed by atoms with Crippen LogP contribution in [0.4, 0.5) is 0 Å². The first kappa shape index (κ1) is 20.2. The average molecular weight is 417 g/mol. The molecule has 0 unspecified atom stereocenters. The van der Waals surface area contributed by atoms with E-state index in [4.69, 9.17) is 9.72 Å². The fourth-order valence-electron chi connectivity index (χ4n) is 3.32. The van der Waals surface area contributed by atoms with E-state index in [2.05, 4.69) is 19.1 Å². The molecule has 0 aliphatic heterocycles. The van der Waals surface area contributed by atoms with Gasteiger partial charge in [0.1, 0.15) is 5.75 Å². The predicted molar refractivity (Wildman–Crippen MR) is 124 cm³/mol. The first-order valence-corrected chi connectivity index (χ1v) is 11.1. The van der Waals surface area contributed by atoms with Crippen LogP contribution in [0.5, 0.6) is 5.75 Å². The van der Waals surface area contributed by atoms with Crippen molar-refractivity contribution in [2.24, 2.45) is 0 Å². The van der Waals surface area contributed by atoms with Gasteiger partial charge in [-0.05, 0) is 60.9 Å². The minimum absolute atomic E-state index is 0.0491. The van der Waals surface area contributed by atoms with Crippen molar-refractivity contribution in [3.05, 3.63) is 94.3 Å². The van der Waals surface area contributed by atoms with Gasteiger partial charge in [0.15, 0.2) is 5.16 Å². The van der Waals surface area contributed by atoms with Crippen LogP contribution in [0, 0.1) is 6.92 Å². The van der Waals surface area contributed by atoms with Crippen molar-refractivity contribution in [2.75, 3.05) is 12.4 Å². The molecule has 0 N–H and O–H groups in total. The van der Waals surface area contributed by atoms with Crippen molar-refractivity contribution in [1.82, 2.24) is 9.55 Å². The van der Waals surface area contributed by atoms with Crippen molar-refractivity contribution in [3.63, 3.8) is 0 Å². The number of rotatable bonds is 7. The number of fused-ring (bicyclic) bond motifs is 1. The van der Waals surface area contributed by atoms with Crippen LogP contribution in [-0.2, 0) is 6.42 Å². The van der Waals surface area contributed by atoms with Crippen LogP contribution in [0.2, 0.25) is 0 Å². The molecule has 5 heteroatoms. The zero-order valence-corrected chi connectivity index (χ0v) is 18.0. The molecule has 0 aliphatic carbocycles. The summed E-state index contributed by atoms with van der Waals surface area (Å²) in [6.45, 7) is 4.70. The number of hydrogen-bond acceptors (Lipinski definition) is 4. The molecule has 1 aromatic heterocycles. The molecular formula is C25H24N2O2S. The zero-order valence-electron chi connectivity index (χ0n) is 17.2. The van der Waals surface area contributed by atoms with Gasteiger partial charge < -0.3 is 4.74 Å². The molecule has 30 heavy (non-hydrogen) atoms. The Bertz CT molecular complexity index is 1220. The Labute approximate surface area is 180 Å². The lowest BCUT2D eigenvalue weighted by molar-refractivity contribution is 0.343. The quantitative estimate of drug-likeness (QED) is 0.229. The molecule has 4 nitrogen and oxygen atoms in total. The molecule has 4 rings (SSSR count). The Morgan fingerprint density at radius 1 is 1.00 bits per heavy atom. The van der Waals surface area contributed by atoms with Gasteiger partial charge in [0, 0.05) is 5.75 Å². The number of nitrogens with zero attached hydrogens (tertiary/aromatic N) is 2. The summed E-state index contributed by atoms with van der Waals surface area (Å²) in [6.07, 6.45) is 0.961. The molecular weight excluding hydrogens is 392 g/mol. The van der Waals surface area contributed by atoms with Crippen LogP contribution >= 0.6 is 11.8 Å². The van der Waals surface area contributed by atoms with Crippen LogP contribution < -0.4 is 10.3 Å². The van der Waals surface area contributed by atoms with Gasteiger partial charge in [-0.1, -0.05) is 55.1 Å². The van der Waals surface area contributed by atoms with Gasteiger partial charge in [-0.2, -0.15) is 0 Å². The molecule has 0 amide bonds. The molecule has 4 aromatic rings. The lowest BCUT2D eigenvalue weighted by Crippen LogP contribution is -2.22. The Morgan fingerprint density at radius 3 is 2.57 bits per heavy atom. The molecule has 0 bridgehead atoms. The van der Waals surface area contributed by atoms with Crippen molar-refractivity contribution < 1.29 is 4.74 Å². The zero-order chi connectivity index (χ0) is 20.9. The standard InChI is InChI=1S/C25H24N2O2S/c1-3-19-11-13-20(14-12-19)27-24(28)22-9-4-5-10-23(22)26-25(27)30-16-15-29-21-8-6-7-18(2)17-21/h4-14,17H,3,15-16H2,1-2H3. The Hall–Kier alpha value is -3.05. The summed E-state index contributed by atoms with van der Waals surface area (Å²) < 4.78 is 7.57. The molecule has 0 fully saturated rings. The maximum Gasteiger partial charge on any atom is 0.266 e. The number of hydrogen-bond donors (Lipinski definition) is 0. The number of para-hydroxylation sites is 1. The molecule has 3 aromatic carbocycles. The fraction of sp³-hybridized carbons (Fsp3) is 0.200. The van der Waals surface area contributed by atoms with Crippen molar-refractivity contribution in [2.45, 2.75) is 25.4 Å². The van der Waals surface area contributed by atoms with Gasteiger partial charge in [-0.3, -0.25) is 9.36 Å². The number of aromatic nitrogens is 2. The first-order valence-electron chi connectivity index (χ1n) is 10.1. The van der Waals surface area contributed by atoms with Gasteiger partial charge in [-0.25, -0.2) is 4.98 Å². The van der Waals surface area contributed by atoms with E-state index in [1.807, 2.05) is 67.6 Å². The predicted octanol–water partition coefficient (Wildman–Crippen LogP) is 5.43. The fourth-order valence-corrected chi connectivity index (χ4v) is 4.14. The van der Waals surface area contributed by atoms with E-state index in [9.17, 15) is 4.79 Å². The highest BCUT2D eigenvalue weighted by Gasteiger charge is 2.13. The van der Waals surface area contributed by atoms with Crippen molar-refractivity contribution in [3.8, 4) is 11.4 Å². The summed E-state index contributed by atoms with van der Waals surface area (Å²) in [5.74, 6) is 1.54. The Morgan fingerprint density at radius 2 is 1.80 bits per heavy atom. The number of aryl methyl sites for hydroxylation is 2. The van der Waals surface area contributed by atoms with E-state index in [1.54, 1.807) is 4.57 Å². The van der Waals surface area contributed by atoms with Crippen molar-refractivity contribution in [1.29, 1.82) is 0 Å². The summed E-state index contributed by atoms with van der Waals surface area (Å²) >= 11 is 1.53. The van der Waals surface area contributed by atoms with Crippen LogP contribution in [0.1, 0.15) is 18.1 Å². The van der Waals surface area contributed by atoms with E-state index in [-0.39, 0.29) is 5.56 Å². The van der Waals surface area contributed by atoms with Crippen LogP contribution in [0.15, 0.2) is 82.7 Å². The van der Waals surface area contributed by atoms with Gasteiger partial charge in [0.2, 0.25) is 0 Å². The maximum absolute atomic E-state index is 13.3. The molecule has 0 saturated carbocycles. The molecule has 0 spiro atoms. The van der Waals surface area contributed by atoms with Crippen LogP contribution in [0.25, 0.3) is 16.6 Å². The normalized spacial score (nSPS) is 11.0. The van der Waals surface area contributed by atoms with E-state index in [0.29, 0.717) is 28.4 Å². The number of ether oxygens (including phenoxy) is 1. The minimum atomic E-state index is -0.0491. The highest BCUT2D eigenvalue weighted by atomic mass is 32.2. The molecule has 0 atom stereocenters. The number of thioether (sulfide) groups is 1. The third-order valence-electron chi connectivity index (χ3n) is 4.92. The van der Waals surface area contributed by atoms with E-state index >= 15 is 0 Å². The van der Waals surface area contributed by atoms with Gasteiger partial charge in [0.25, 0.3) is 5.56 Å². The summed E-state index contributed by atoms with van der Waals surface area (Å²) in [5, 5.41) is 1.30. The monoisotopic (exact) mass is 416 g/mol. The third-order valence-corrected chi connectivity index (χ3v) is 5.82. The maximum atomic E-state index is 13.3. The first-order chi connectivity index (χ1) is 14.7. The van der Waals surface area contributed by atoms with E-state index in [0.717, 1.165) is 17.9 Å². The van der Waals surface area contributed by atoms with Gasteiger partial charge in [0.05, 0.1) is 23.2 Å². The second-order valence-electron chi connectivity index (χ2n) is 7.09. The Kier molecular flexibility index (Phi) is 6.19. The van der Waals surface area contributed by atoms with Gasteiger partial charge in [-0.15, -0.1) is 0 Å². The highest BCUT2D eigenvalue weighted by Crippen LogP contribution is 2.22. The topological polar surface area (TPSA) is 44.1 Å². The average Bonchev–Trinajstić information content (AvgIpc) is 2.77. The highest BCUT2D eigenvalue weighted by molar-refractivity contribution is 7.99. The third kappa shape index (κ3) is 4.41. The largest absolute Gasteiger partial charge is 0.493 e. The summed E-state index contributed by atoms with van der Waals surface area (Å²) in [7, 11) is 0. The molecule has 0 aliphatic rings. The summed E-state index contributed by atoms with van der Waals surface area (Å²) in [6, 6.07) is 23.6. The van der Waals surface area contributed by atoms with E-state index < -0.39 is 0 Å². The van der Waals surface area contributed by atoms with Crippen LogP contribution in [-0.4, -0.2) is 21.9 Å². The second kappa shape index (κ2) is 9.18. The summed E-state index contributed by atoms with van der Waals surface area (Å²) in [4.78, 5) is 18.1. The summed E-state index contributed by atoms with van der Waals surface area (Å²) in [5.41, 5.74) is 3.90. The smallest absolute Gasteiger partial charge is 0.266 e. The lowest BCUT2D eigenvalue weighted by Gasteiger charge is -2.14.